The number of hydrogen-bond acceptors (Lipinski definition) is 3. The van der Waals surface area contributed by atoms with Crippen molar-refractivity contribution in [3.8, 4) is 0 Å². The second kappa shape index (κ2) is 7.32. The van der Waals surface area contributed by atoms with E-state index in [0.717, 1.165) is 25.7 Å². The van der Waals surface area contributed by atoms with Gasteiger partial charge < -0.3 is 20.1 Å². The van der Waals surface area contributed by atoms with E-state index in [1.165, 1.54) is 11.1 Å². The Kier molecular flexibility index (Phi) is 5.18. The predicted molar refractivity (Wildman–Crippen MR) is 88.2 cm³/mol. The van der Waals surface area contributed by atoms with Gasteiger partial charge in [0.15, 0.2) is 0 Å². The predicted octanol–water partition coefficient (Wildman–Crippen LogP) is 2.10. The molecule has 2 aliphatic rings. The standard InChI is InChI=1S/C18H26N2O3/c1-23-12-16(14-6-7-14)19-18(22)20(10-11-21)17-9-8-13-4-2-3-5-15(13)17/h2-5,14,16-17,21H,6-12H2,1H3,(H,19,22). The number of nitrogens with one attached hydrogen (secondary N) is 1. The summed E-state index contributed by atoms with van der Waals surface area (Å²) in [5, 5.41) is 12.5. The molecule has 1 saturated carbocycles. The van der Waals surface area contributed by atoms with E-state index in [1.54, 1.807) is 12.0 Å². The molecule has 0 heterocycles. The summed E-state index contributed by atoms with van der Waals surface area (Å²) in [5.41, 5.74) is 2.52. The fourth-order valence-corrected chi connectivity index (χ4v) is 3.58. The number of aryl methyl sites for hydroxylation is 1. The number of carbonyl (C=O) groups excluding carboxylic acids is 1. The van der Waals surface area contributed by atoms with E-state index in [1.807, 2.05) is 12.1 Å². The van der Waals surface area contributed by atoms with Crippen LogP contribution in [-0.2, 0) is 11.2 Å². The SMILES string of the molecule is COCC(NC(=O)N(CCO)C1CCc2ccccc21)C1CC1. The number of nitrogens with zero attached hydrogens (tertiary/aromatic N) is 1. The third-order valence-corrected chi connectivity index (χ3v) is 4.93. The van der Waals surface area contributed by atoms with Crippen LogP contribution in [0.2, 0.25) is 0 Å². The number of benzene rings is 1. The molecule has 126 valence electrons. The Morgan fingerprint density at radius 3 is 2.87 bits per heavy atom. The van der Waals surface area contributed by atoms with Crippen LogP contribution in [0.1, 0.15) is 36.4 Å². The van der Waals surface area contributed by atoms with E-state index in [2.05, 4.69) is 17.4 Å². The molecule has 2 aliphatic carbocycles. The molecule has 3 rings (SSSR count). The van der Waals surface area contributed by atoms with Gasteiger partial charge in [0.1, 0.15) is 0 Å². The lowest BCUT2D eigenvalue weighted by Gasteiger charge is -2.31. The molecular weight excluding hydrogens is 292 g/mol. The summed E-state index contributed by atoms with van der Waals surface area (Å²) in [5.74, 6) is 0.533. The molecule has 2 amide bonds. The molecule has 23 heavy (non-hydrogen) atoms. The summed E-state index contributed by atoms with van der Waals surface area (Å²) in [7, 11) is 1.67. The average molecular weight is 318 g/mol. The minimum absolute atomic E-state index is 0.0234. The van der Waals surface area contributed by atoms with Crippen LogP contribution in [-0.4, -0.2) is 48.9 Å². The minimum Gasteiger partial charge on any atom is -0.395 e. The van der Waals surface area contributed by atoms with Crippen LogP contribution in [0.25, 0.3) is 0 Å². The monoisotopic (exact) mass is 318 g/mol. The van der Waals surface area contributed by atoms with Gasteiger partial charge in [0.2, 0.25) is 0 Å². The van der Waals surface area contributed by atoms with Crippen LogP contribution < -0.4 is 5.32 Å². The maximum absolute atomic E-state index is 12.8. The number of hydrogen-bond donors (Lipinski definition) is 2. The fraction of sp³-hybridized carbons (Fsp3) is 0.611. The van der Waals surface area contributed by atoms with Crippen LogP contribution in [0.15, 0.2) is 24.3 Å². The van der Waals surface area contributed by atoms with Crippen LogP contribution >= 0.6 is 0 Å². The Labute approximate surface area is 137 Å². The maximum Gasteiger partial charge on any atom is 0.318 e. The van der Waals surface area contributed by atoms with Crippen molar-refractivity contribution in [3.63, 3.8) is 0 Å². The maximum atomic E-state index is 12.8. The van der Waals surface area contributed by atoms with E-state index in [-0.39, 0.29) is 24.7 Å². The van der Waals surface area contributed by atoms with Crippen molar-refractivity contribution in [2.24, 2.45) is 5.92 Å². The number of urea groups is 1. The molecule has 5 nitrogen and oxygen atoms in total. The smallest absolute Gasteiger partial charge is 0.318 e. The summed E-state index contributed by atoms with van der Waals surface area (Å²) in [6, 6.07) is 8.32. The van der Waals surface area contributed by atoms with Gasteiger partial charge in [0, 0.05) is 13.7 Å². The van der Waals surface area contributed by atoms with E-state index in [0.29, 0.717) is 19.1 Å². The van der Waals surface area contributed by atoms with Gasteiger partial charge in [-0.2, -0.15) is 0 Å². The zero-order valence-corrected chi connectivity index (χ0v) is 13.7. The Balaban J connectivity index is 1.72. The fourth-order valence-electron chi connectivity index (χ4n) is 3.58. The van der Waals surface area contributed by atoms with Gasteiger partial charge in [-0.15, -0.1) is 0 Å². The Hall–Kier alpha value is -1.59. The van der Waals surface area contributed by atoms with Crippen LogP contribution in [0.4, 0.5) is 4.79 Å². The lowest BCUT2D eigenvalue weighted by molar-refractivity contribution is 0.129. The van der Waals surface area contributed by atoms with Crippen LogP contribution in [0.3, 0.4) is 0 Å². The van der Waals surface area contributed by atoms with Gasteiger partial charge >= 0.3 is 6.03 Å². The highest BCUT2D eigenvalue weighted by Crippen LogP contribution is 2.36. The number of carbonyl (C=O) groups is 1. The number of ether oxygens (including phenoxy) is 1. The zero-order valence-electron chi connectivity index (χ0n) is 13.7. The summed E-state index contributed by atoms with van der Waals surface area (Å²) >= 11 is 0. The molecule has 0 spiro atoms. The third-order valence-electron chi connectivity index (χ3n) is 4.93. The van der Waals surface area contributed by atoms with Crippen molar-refractivity contribution in [1.82, 2.24) is 10.2 Å². The first-order valence-electron chi connectivity index (χ1n) is 8.49. The number of rotatable bonds is 7. The van der Waals surface area contributed by atoms with E-state index in [9.17, 15) is 9.90 Å². The third kappa shape index (κ3) is 3.67. The molecule has 0 bridgehead atoms. The summed E-state index contributed by atoms with van der Waals surface area (Å²) in [4.78, 5) is 14.6. The van der Waals surface area contributed by atoms with Gasteiger partial charge in [-0.25, -0.2) is 4.79 Å². The van der Waals surface area contributed by atoms with Gasteiger partial charge in [0.05, 0.1) is 25.3 Å². The number of aliphatic hydroxyl groups is 1. The number of amides is 2. The molecule has 0 aromatic heterocycles. The van der Waals surface area contributed by atoms with Crippen molar-refractivity contribution < 1.29 is 14.6 Å². The normalized spacial score (nSPS) is 20.9. The molecule has 1 fully saturated rings. The zero-order chi connectivity index (χ0) is 16.2. The molecule has 2 unspecified atom stereocenters. The van der Waals surface area contributed by atoms with Crippen LogP contribution in [0.5, 0.6) is 0 Å². The van der Waals surface area contributed by atoms with Crippen molar-refractivity contribution in [1.29, 1.82) is 0 Å². The van der Waals surface area contributed by atoms with Crippen molar-refractivity contribution in [2.45, 2.75) is 37.8 Å². The molecule has 0 radical (unpaired) electrons. The van der Waals surface area contributed by atoms with Gasteiger partial charge in [-0.05, 0) is 42.7 Å². The molecule has 1 aromatic carbocycles. The van der Waals surface area contributed by atoms with Gasteiger partial charge in [0.25, 0.3) is 0 Å². The Morgan fingerprint density at radius 2 is 2.17 bits per heavy atom. The second-order valence-electron chi connectivity index (χ2n) is 6.52. The van der Waals surface area contributed by atoms with Crippen molar-refractivity contribution >= 4 is 6.03 Å². The van der Waals surface area contributed by atoms with Gasteiger partial charge in [-0.1, -0.05) is 24.3 Å². The van der Waals surface area contributed by atoms with Crippen molar-refractivity contribution in [2.75, 3.05) is 26.9 Å². The minimum atomic E-state index is -0.0882. The average Bonchev–Trinajstić information content (AvgIpc) is 3.32. The van der Waals surface area contributed by atoms with Gasteiger partial charge in [-0.3, -0.25) is 0 Å². The van der Waals surface area contributed by atoms with Crippen LogP contribution in [0, 0.1) is 5.92 Å². The highest BCUT2D eigenvalue weighted by atomic mass is 16.5. The first-order chi connectivity index (χ1) is 11.2. The number of fused-ring (bicyclic) bond motifs is 1. The highest BCUT2D eigenvalue weighted by Gasteiger charge is 2.35. The molecule has 0 saturated heterocycles. The summed E-state index contributed by atoms with van der Waals surface area (Å²) < 4.78 is 5.24. The number of methoxy groups -OCH3 is 1. The first kappa shape index (κ1) is 16.3. The largest absolute Gasteiger partial charge is 0.395 e. The number of aliphatic hydroxyl groups excluding tert-OH is 1. The highest BCUT2D eigenvalue weighted by molar-refractivity contribution is 5.75. The molecule has 0 aliphatic heterocycles. The van der Waals surface area contributed by atoms with Crippen molar-refractivity contribution in [3.05, 3.63) is 35.4 Å². The molecule has 2 N–H and O–H groups in total. The summed E-state index contributed by atoms with van der Waals surface area (Å²) in [6.45, 7) is 0.879. The van der Waals surface area contributed by atoms with E-state index >= 15 is 0 Å². The molecule has 5 heteroatoms. The Morgan fingerprint density at radius 1 is 1.39 bits per heavy atom. The van der Waals surface area contributed by atoms with E-state index in [4.69, 9.17) is 4.74 Å². The molecule has 1 aromatic rings. The Bertz CT molecular complexity index is 545. The summed E-state index contributed by atoms with van der Waals surface area (Å²) in [6.07, 6.45) is 4.21. The quantitative estimate of drug-likeness (QED) is 0.809. The first-order valence-corrected chi connectivity index (χ1v) is 8.49. The lowest BCUT2D eigenvalue weighted by atomic mass is 10.1. The van der Waals surface area contributed by atoms with E-state index < -0.39 is 0 Å². The topological polar surface area (TPSA) is 61.8 Å². The second-order valence-corrected chi connectivity index (χ2v) is 6.52. The lowest BCUT2D eigenvalue weighted by Crippen LogP contribution is -2.49. The molecular formula is C18H26N2O3. The molecule has 2 atom stereocenters.